The molecule has 5 aromatic rings. The molecule has 0 saturated carbocycles. The number of aromatic amines is 1. The average molecular weight is 444 g/mol. The van der Waals surface area contributed by atoms with Crippen LogP contribution in [-0.4, -0.2) is 29.9 Å². The summed E-state index contributed by atoms with van der Waals surface area (Å²) >= 11 is 2.63. The van der Waals surface area contributed by atoms with Crippen LogP contribution in [0.4, 0.5) is 8.78 Å². The third kappa shape index (κ3) is 3.29. The zero-order valence-corrected chi connectivity index (χ0v) is 16.5. The van der Waals surface area contributed by atoms with Crippen LogP contribution in [0.5, 0.6) is 0 Å². The average Bonchev–Trinajstić information content (AvgIpc) is 3.49. The van der Waals surface area contributed by atoms with Crippen LogP contribution in [0.25, 0.3) is 27.4 Å². The summed E-state index contributed by atoms with van der Waals surface area (Å²) in [6.45, 7) is 0. The van der Waals surface area contributed by atoms with Crippen molar-refractivity contribution in [3.63, 3.8) is 0 Å². The molecule has 0 aliphatic rings. The molecule has 0 aliphatic carbocycles. The van der Waals surface area contributed by atoms with Crippen molar-refractivity contribution in [2.75, 3.05) is 0 Å². The Morgan fingerprint density at radius 3 is 2.90 bits per heavy atom. The Balaban J connectivity index is 1.53. The van der Waals surface area contributed by atoms with Gasteiger partial charge in [-0.2, -0.15) is 10.1 Å². The van der Waals surface area contributed by atoms with E-state index in [4.69, 9.17) is 4.52 Å². The number of thiophene rings is 1. The first-order valence-electron chi connectivity index (χ1n) is 8.51. The van der Waals surface area contributed by atoms with Crippen LogP contribution < -0.4 is 5.56 Å². The van der Waals surface area contributed by atoms with Crippen LogP contribution in [0.2, 0.25) is 0 Å². The van der Waals surface area contributed by atoms with Gasteiger partial charge in [-0.1, -0.05) is 23.0 Å². The van der Waals surface area contributed by atoms with Gasteiger partial charge in [0.15, 0.2) is 22.4 Å². The minimum absolute atomic E-state index is 0.141. The Morgan fingerprint density at radius 2 is 2.10 bits per heavy atom. The number of aromatic nitrogens is 6. The van der Waals surface area contributed by atoms with Gasteiger partial charge < -0.3 is 4.52 Å². The quantitative estimate of drug-likeness (QED) is 0.325. The van der Waals surface area contributed by atoms with E-state index < -0.39 is 17.2 Å². The Kier molecular flexibility index (Phi) is 4.64. The molecule has 12 heteroatoms. The summed E-state index contributed by atoms with van der Waals surface area (Å²) < 4.78 is 33.7. The highest BCUT2D eigenvalue weighted by Gasteiger charge is 2.18. The van der Waals surface area contributed by atoms with Crippen molar-refractivity contribution in [1.29, 1.82) is 0 Å². The van der Waals surface area contributed by atoms with Gasteiger partial charge in [0, 0.05) is 6.07 Å². The summed E-state index contributed by atoms with van der Waals surface area (Å²) in [4.78, 5) is 22.6. The topological polar surface area (TPSA) is 102 Å². The number of nitrogens with one attached hydrogen (secondary N) is 1. The molecule has 1 N–H and O–H groups in total. The SMILES string of the molecule is O=c1c2cn[nH]c2nc(SCc2nc(-c3cccs3)no2)n1-c1ccc(F)c(F)c1. The van der Waals surface area contributed by atoms with Crippen molar-refractivity contribution in [1.82, 2.24) is 29.9 Å². The number of hydrogen-bond acceptors (Lipinski definition) is 8. The molecule has 8 nitrogen and oxygen atoms in total. The van der Waals surface area contributed by atoms with Gasteiger partial charge in [-0.15, -0.1) is 11.3 Å². The van der Waals surface area contributed by atoms with E-state index in [1.54, 1.807) is 0 Å². The second kappa shape index (κ2) is 7.46. The molecule has 0 atom stereocenters. The molecule has 0 bridgehead atoms. The van der Waals surface area contributed by atoms with Gasteiger partial charge in [0.1, 0.15) is 5.39 Å². The number of thioether (sulfide) groups is 1. The monoisotopic (exact) mass is 444 g/mol. The summed E-state index contributed by atoms with van der Waals surface area (Å²) in [7, 11) is 0. The van der Waals surface area contributed by atoms with E-state index in [1.807, 2.05) is 17.5 Å². The highest BCUT2D eigenvalue weighted by atomic mass is 32.2. The lowest BCUT2D eigenvalue weighted by atomic mass is 10.3. The van der Waals surface area contributed by atoms with E-state index in [9.17, 15) is 13.6 Å². The molecule has 30 heavy (non-hydrogen) atoms. The van der Waals surface area contributed by atoms with Gasteiger partial charge in [0.25, 0.3) is 5.56 Å². The zero-order chi connectivity index (χ0) is 20.7. The molecule has 4 heterocycles. The number of hydrogen-bond donors (Lipinski definition) is 1. The van der Waals surface area contributed by atoms with Crippen LogP contribution >= 0.6 is 23.1 Å². The van der Waals surface area contributed by atoms with E-state index in [2.05, 4.69) is 25.3 Å². The lowest BCUT2D eigenvalue weighted by Gasteiger charge is -2.11. The molecule has 150 valence electrons. The number of fused-ring (bicyclic) bond motifs is 1. The van der Waals surface area contributed by atoms with Gasteiger partial charge >= 0.3 is 0 Å². The second-order valence-corrected chi connectivity index (χ2v) is 7.93. The molecule has 1 aromatic carbocycles. The van der Waals surface area contributed by atoms with Gasteiger partial charge in [-0.05, 0) is 23.6 Å². The number of rotatable bonds is 5. The highest BCUT2D eigenvalue weighted by molar-refractivity contribution is 7.98. The molecule has 5 rings (SSSR count). The summed E-state index contributed by atoms with van der Waals surface area (Å²) in [5.41, 5.74) is -0.0417. The summed E-state index contributed by atoms with van der Waals surface area (Å²) in [6.07, 6.45) is 1.33. The van der Waals surface area contributed by atoms with Crippen molar-refractivity contribution < 1.29 is 13.3 Å². The first kappa shape index (κ1) is 18.6. The van der Waals surface area contributed by atoms with Crippen molar-refractivity contribution in [3.05, 3.63) is 69.8 Å². The Morgan fingerprint density at radius 1 is 1.20 bits per heavy atom. The van der Waals surface area contributed by atoms with E-state index in [0.717, 1.165) is 28.8 Å². The maximum absolute atomic E-state index is 13.8. The van der Waals surface area contributed by atoms with Crippen molar-refractivity contribution >= 4 is 34.1 Å². The molecule has 0 aliphatic heterocycles. The normalized spacial score (nSPS) is 11.4. The predicted molar refractivity (Wildman–Crippen MR) is 107 cm³/mol. The fraction of sp³-hybridized carbons (Fsp3) is 0.0556. The highest BCUT2D eigenvalue weighted by Crippen LogP contribution is 2.26. The second-order valence-electron chi connectivity index (χ2n) is 6.04. The third-order valence-corrected chi connectivity index (χ3v) is 5.94. The van der Waals surface area contributed by atoms with Crippen molar-refractivity contribution in [3.8, 4) is 16.4 Å². The molecule has 0 saturated heterocycles. The van der Waals surface area contributed by atoms with Crippen LogP contribution in [0.3, 0.4) is 0 Å². The molecule has 0 unspecified atom stereocenters. The fourth-order valence-corrected chi connectivity index (χ4v) is 4.26. The van der Waals surface area contributed by atoms with Crippen LogP contribution in [0, 0.1) is 11.6 Å². The van der Waals surface area contributed by atoms with Crippen molar-refractivity contribution in [2.24, 2.45) is 0 Å². The molecule has 0 radical (unpaired) electrons. The maximum Gasteiger partial charge on any atom is 0.269 e. The van der Waals surface area contributed by atoms with Crippen LogP contribution in [-0.2, 0) is 5.75 Å². The number of halogens is 2. The van der Waals surface area contributed by atoms with Gasteiger partial charge in [-0.25, -0.2) is 13.8 Å². The third-order valence-electron chi connectivity index (χ3n) is 4.15. The van der Waals surface area contributed by atoms with Gasteiger partial charge in [-0.3, -0.25) is 14.5 Å². The zero-order valence-electron chi connectivity index (χ0n) is 14.9. The number of benzene rings is 1. The standard InChI is InChI=1S/C18H10F2N6O2S2/c19-11-4-3-9(6-12(11)20)26-17(27)10-7-21-24-15(10)23-18(26)30-8-14-22-16(25-28-14)13-2-1-5-29-13/h1-7H,8H2,(H,21,24). The summed E-state index contributed by atoms with van der Waals surface area (Å²) in [5.74, 6) is -1.06. The van der Waals surface area contributed by atoms with Crippen LogP contribution in [0.1, 0.15) is 5.89 Å². The fourth-order valence-electron chi connectivity index (χ4n) is 2.77. The predicted octanol–water partition coefficient (Wildman–Crippen LogP) is 3.79. The van der Waals surface area contributed by atoms with Gasteiger partial charge in [0.2, 0.25) is 11.7 Å². The maximum atomic E-state index is 13.8. The number of H-pyrrole nitrogens is 1. The first-order valence-corrected chi connectivity index (χ1v) is 10.4. The number of nitrogens with zero attached hydrogens (tertiary/aromatic N) is 5. The first-order chi connectivity index (χ1) is 14.6. The molecule has 0 spiro atoms. The molecule has 0 amide bonds. The lowest BCUT2D eigenvalue weighted by Crippen LogP contribution is -2.21. The lowest BCUT2D eigenvalue weighted by molar-refractivity contribution is 0.391. The summed E-state index contributed by atoms with van der Waals surface area (Å²) in [6, 6.07) is 6.96. The van der Waals surface area contributed by atoms with E-state index in [0.29, 0.717) is 11.7 Å². The molecular weight excluding hydrogens is 434 g/mol. The van der Waals surface area contributed by atoms with E-state index in [-0.39, 0.29) is 27.6 Å². The minimum Gasteiger partial charge on any atom is -0.338 e. The van der Waals surface area contributed by atoms with Crippen LogP contribution in [0.15, 0.2) is 56.4 Å². The Hall–Kier alpha value is -3.38. The smallest absolute Gasteiger partial charge is 0.269 e. The Bertz CT molecular complexity index is 1410. The molecular formula is C18H10F2N6O2S2. The molecule has 4 aromatic heterocycles. The van der Waals surface area contributed by atoms with E-state index in [1.165, 1.54) is 28.2 Å². The van der Waals surface area contributed by atoms with E-state index >= 15 is 0 Å². The summed E-state index contributed by atoms with van der Waals surface area (Å²) in [5, 5.41) is 12.8. The minimum atomic E-state index is -1.07. The van der Waals surface area contributed by atoms with Crippen molar-refractivity contribution in [2.45, 2.75) is 10.9 Å². The largest absolute Gasteiger partial charge is 0.338 e. The molecule has 0 fully saturated rings. The Labute approximate surface area is 174 Å². The van der Waals surface area contributed by atoms with Gasteiger partial charge in [0.05, 0.1) is 22.5 Å².